The van der Waals surface area contributed by atoms with Gasteiger partial charge in [0.25, 0.3) is 5.91 Å². The number of hydrogen-bond acceptors (Lipinski definition) is 5. The van der Waals surface area contributed by atoms with E-state index in [1.54, 1.807) is 60.7 Å². The monoisotopic (exact) mass is 410 g/mol. The lowest BCUT2D eigenvalue weighted by atomic mass is 9.82. The highest BCUT2D eigenvalue weighted by atomic mass is 16.5. The average Bonchev–Trinajstić information content (AvgIpc) is 3.01. The fourth-order valence-corrected chi connectivity index (χ4v) is 3.27. The quantitative estimate of drug-likeness (QED) is 0.464. The molecule has 156 valence electrons. The van der Waals surface area contributed by atoms with Crippen molar-refractivity contribution in [1.82, 2.24) is 20.9 Å². The lowest BCUT2D eigenvalue weighted by Crippen LogP contribution is -2.48. The van der Waals surface area contributed by atoms with Gasteiger partial charge in [0, 0.05) is 13.7 Å². The van der Waals surface area contributed by atoms with Gasteiger partial charge in [-0.25, -0.2) is 9.59 Å². The molecule has 0 radical (unpaired) electrons. The summed E-state index contributed by atoms with van der Waals surface area (Å²) in [6.45, 7) is -0.0983. The molecular formula is C21H22N4O5. The van der Waals surface area contributed by atoms with E-state index < -0.39 is 36.0 Å². The van der Waals surface area contributed by atoms with Crippen molar-refractivity contribution in [3.05, 3.63) is 71.8 Å². The van der Waals surface area contributed by atoms with Gasteiger partial charge in [0.15, 0.2) is 5.54 Å². The Bertz CT molecular complexity index is 893. The zero-order valence-corrected chi connectivity index (χ0v) is 16.4. The van der Waals surface area contributed by atoms with Crippen molar-refractivity contribution in [2.45, 2.75) is 5.54 Å². The molecule has 1 aliphatic heterocycles. The summed E-state index contributed by atoms with van der Waals surface area (Å²) in [5.74, 6) is -1.38. The molecule has 0 aromatic heterocycles. The molecular weight excluding hydrogens is 388 g/mol. The number of urea groups is 2. The minimum absolute atomic E-state index is 0.212. The summed E-state index contributed by atoms with van der Waals surface area (Å²) in [5, 5.41) is 7.27. The van der Waals surface area contributed by atoms with Gasteiger partial charge >= 0.3 is 12.1 Å². The molecule has 1 fully saturated rings. The number of rotatable bonds is 7. The third-order valence-electron chi connectivity index (χ3n) is 4.67. The Labute approximate surface area is 173 Å². The van der Waals surface area contributed by atoms with Gasteiger partial charge in [-0.15, -0.1) is 0 Å². The van der Waals surface area contributed by atoms with Gasteiger partial charge in [0.2, 0.25) is 5.91 Å². The van der Waals surface area contributed by atoms with Crippen molar-refractivity contribution in [3.8, 4) is 0 Å². The molecule has 0 atom stereocenters. The zero-order chi connectivity index (χ0) is 21.6. The molecule has 0 bridgehead atoms. The first kappa shape index (κ1) is 21.0. The van der Waals surface area contributed by atoms with Crippen LogP contribution < -0.4 is 16.0 Å². The summed E-state index contributed by atoms with van der Waals surface area (Å²) >= 11 is 0. The number of nitrogens with one attached hydrogen (secondary N) is 3. The van der Waals surface area contributed by atoms with Gasteiger partial charge in [-0.1, -0.05) is 60.7 Å². The molecule has 2 aromatic carbocycles. The molecule has 30 heavy (non-hydrogen) atoms. The molecule has 3 rings (SSSR count). The Hall–Kier alpha value is -3.72. The van der Waals surface area contributed by atoms with Crippen molar-refractivity contribution >= 4 is 23.9 Å². The fourth-order valence-electron chi connectivity index (χ4n) is 3.27. The van der Waals surface area contributed by atoms with Crippen molar-refractivity contribution in [2.75, 3.05) is 26.8 Å². The summed E-state index contributed by atoms with van der Waals surface area (Å²) < 4.78 is 4.81. The Balaban J connectivity index is 1.82. The van der Waals surface area contributed by atoms with Crippen molar-refractivity contribution in [3.63, 3.8) is 0 Å². The molecule has 1 aliphatic rings. The third-order valence-corrected chi connectivity index (χ3v) is 4.67. The predicted octanol–water partition coefficient (Wildman–Crippen LogP) is 0.954. The van der Waals surface area contributed by atoms with E-state index in [4.69, 9.17) is 4.74 Å². The van der Waals surface area contributed by atoms with Crippen LogP contribution in [0.15, 0.2) is 60.7 Å². The van der Waals surface area contributed by atoms with Crippen molar-refractivity contribution < 1.29 is 23.9 Å². The molecule has 1 heterocycles. The van der Waals surface area contributed by atoms with Gasteiger partial charge < -0.3 is 15.4 Å². The Kier molecular flexibility index (Phi) is 6.43. The first-order valence-corrected chi connectivity index (χ1v) is 9.31. The van der Waals surface area contributed by atoms with Crippen molar-refractivity contribution in [1.29, 1.82) is 0 Å². The maximum absolute atomic E-state index is 13.4. The Morgan fingerprint density at radius 1 is 1.00 bits per heavy atom. The number of amides is 6. The third kappa shape index (κ3) is 4.15. The molecule has 9 nitrogen and oxygen atoms in total. The van der Waals surface area contributed by atoms with Crippen LogP contribution in [0.3, 0.4) is 0 Å². The van der Waals surface area contributed by atoms with Gasteiger partial charge in [0.1, 0.15) is 6.54 Å². The molecule has 0 saturated carbocycles. The van der Waals surface area contributed by atoms with Gasteiger partial charge in [-0.2, -0.15) is 0 Å². The first-order chi connectivity index (χ1) is 14.5. The maximum Gasteiger partial charge on any atom is 0.326 e. The van der Waals surface area contributed by atoms with E-state index in [1.807, 2.05) is 0 Å². The normalized spacial score (nSPS) is 14.9. The van der Waals surface area contributed by atoms with E-state index in [9.17, 15) is 19.2 Å². The van der Waals surface area contributed by atoms with E-state index in [2.05, 4.69) is 16.0 Å². The topological polar surface area (TPSA) is 117 Å². The number of hydrogen-bond donors (Lipinski definition) is 3. The number of benzene rings is 2. The van der Waals surface area contributed by atoms with E-state index >= 15 is 0 Å². The summed E-state index contributed by atoms with van der Waals surface area (Å²) in [5.41, 5.74) is -0.329. The van der Waals surface area contributed by atoms with E-state index in [0.29, 0.717) is 11.1 Å². The largest absolute Gasteiger partial charge is 0.383 e. The van der Waals surface area contributed by atoms with Crippen LogP contribution in [-0.2, 0) is 19.9 Å². The Morgan fingerprint density at radius 3 is 2.10 bits per heavy atom. The molecule has 1 saturated heterocycles. The molecule has 0 aliphatic carbocycles. The van der Waals surface area contributed by atoms with E-state index in [1.165, 1.54) is 7.11 Å². The number of methoxy groups -OCH3 is 1. The second-order valence-electron chi connectivity index (χ2n) is 6.60. The van der Waals surface area contributed by atoms with Gasteiger partial charge in [0.05, 0.1) is 6.61 Å². The lowest BCUT2D eigenvalue weighted by molar-refractivity contribution is -0.134. The maximum atomic E-state index is 13.4. The second kappa shape index (κ2) is 9.19. The van der Waals surface area contributed by atoms with Crippen LogP contribution in [0.1, 0.15) is 11.1 Å². The predicted molar refractivity (Wildman–Crippen MR) is 107 cm³/mol. The van der Waals surface area contributed by atoms with Crippen LogP contribution in [-0.4, -0.2) is 55.6 Å². The average molecular weight is 410 g/mol. The van der Waals surface area contributed by atoms with Crippen LogP contribution in [0.25, 0.3) is 0 Å². The highest BCUT2D eigenvalue weighted by Crippen LogP contribution is 2.35. The molecule has 2 aromatic rings. The van der Waals surface area contributed by atoms with E-state index in [0.717, 1.165) is 4.90 Å². The summed E-state index contributed by atoms with van der Waals surface area (Å²) in [7, 11) is 1.48. The summed E-state index contributed by atoms with van der Waals surface area (Å²) in [6.07, 6.45) is 0. The van der Waals surface area contributed by atoms with Crippen LogP contribution in [0, 0.1) is 0 Å². The number of ether oxygens (including phenoxy) is 1. The molecule has 9 heteroatoms. The van der Waals surface area contributed by atoms with Gasteiger partial charge in [-0.05, 0) is 11.1 Å². The summed E-state index contributed by atoms with van der Waals surface area (Å²) in [4.78, 5) is 50.9. The zero-order valence-electron chi connectivity index (χ0n) is 16.4. The number of carbonyl (C=O) groups is 4. The second-order valence-corrected chi connectivity index (χ2v) is 6.60. The standard InChI is InChI=1S/C21H22N4O5/c1-30-13-12-22-19(28)23-17(26)14-25-18(27)21(24-20(25)29,15-8-4-2-5-9-15)16-10-6-3-7-11-16/h2-11H,12-14H2,1H3,(H,24,29)(H2,22,23,26,28). The lowest BCUT2D eigenvalue weighted by Gasteiger charge is -2.27. The number of carbonyl (C=O) groups excluding carboxylic acids is 4. The SMILES string of the molecule is COCCNC(=O)NC(=O)CN1C(=O)NC(c2ccccc2)(c2ccccc2)C1=O. The minimum Gasteiger partial charge on any atom is -0.383 e. The van der Waals surface area contributed by atoms with Crippen LogP contribution in [0.5, 0.6) is 0 Å². The number of imide groups is 2. The fraction of sp³-hybridized carbons (Fsp3) is 0.238. The highest BCUT2D eigenvalue weighted by Gasteiger charge is 2.54. The number of nitrogens with zero attached hydrogens (tertiary/aromatic N) is 1. The summed E-state index contributed by atoms with van der Waals surface area (Å²) in [6, 6.07) is 16.1. The van der Waals surface area contributed by atoms with Gasteiger partial charge in [-0.3, -0.25) is 19.8 Å². The smallest absolute Gasteiger partial charge is 0.326 e. The van der Waals surface area contributed by atoms with Crippen molar-refractivity contribution in [2.24, 2.45) is 0 Å². The van der Waals surface area contributed by atoms with Crippen LogP contribution in [0.2, 0.25) is 0 Å². The van der Waals surface area contributed by atoms with E-state index in [-0.39, 0.29) is 13.2 Å². The first-order valence-electron chi connectivity index (χ1n) is 9.31. The molecule has 0 spiro atoms. The van der Waals surface area contributed by atoms with Crippen LogP contribution in [0.4, 0.5) is 9.59 Å². The molecule has 0 unspecified atom stereocenters. The minimum atomic E-state index is -1.46. The van der Waals surface area contributed by atoms with Crippen LogP contribution >= 0.6 is 0 Å². The molecule has 3 N–H and O–H groups in total. The molecule has 6 amide bonds. The highest BCUT2D eigenvalue weighted by molar-refractivity contribution is 6.12. The Morgan fingerprint density at radius 2 is 1.57 bits per heavy atom.